The molecule has 0 fully saturated rings. The van der Waals surface area contributed by atoms with Gasteiger partial charge in [-0.2, -0.15) is 0 Å². The summed E-state index contributed by atoms with van der Waals surface area (Å²) in [4.78, 5) is 23.2. The van der Waals surface area contributed by atoms with Gasteiger partial charge in [-0.1, -0.05) is 29.8 Å². The third-order valence-corrected chi connectivity index (χ3v) is 3.29. The first-order valence-corrected chi connectivity index (χ1v) is 7.33. The van der Waals surface area contributed by atoms with Gasteiger partial charge in [0.05, 0.1) is 0 Å². The zero-order chi connectivity index (χ0) is 15.9. The van der Waals surface area contributed by atoms with E-state index in [1.807, 2.05) is 12.1 Å². The number of halogens is 1. The zero-order valence-electron chi connectivity index (χ0n) is 12.2. The van der Waals surface area contributed by atoms with Crippen LogP contribution in [0.3, 0.4) is 0 Å². The van der Waals surface area contributed by atoms with Crippen molar-refractivity contribution in [1.82, 2.24) is 0 Å². The molecule has 0 aliphatic carbocycles. The number of carbonyl (C=O) groups is 2. The van der Waals surface area contributed by atoms with E-state index in [9.17, 15) is 9.59 Å². The van der Waals surface area contributed by atoms with Gasteiger partial charge in [0.2, 0.25) is 5.91 Å². The van der Waals surface area contributed by atoms with Crippen LogP contribution in [0.5, 0.6) is 0 Å². The van der Waals surface area contributed by atoms with E-state index < -0.39 is 0 Å². The minimum absolute atomic E-state index is 0.0290. The zero-order valence-corrected chi connectivity index (χ0v) is 13.0. The average molecular weight is 317 g/mol. The molecule has 0 aliphatic heterocycles. The maximum atomic E-state index is 11.9. The smallest absolute Gasteiger partial charge is 0.226 e. The standard InChI is InChI=1S/C17H17ClN2O2/c1-12(21)13-4-2-7-16(10-13)20-17(22)8-9-19-15-6-3-5-14(18)11-15/h2-7,10-11,19H,8-9H2,1H3,(H,20,22). The van der Waals surface area contributed by atoms with Crippen molar-refractivity contribution in [3.63, 3.8) is 0 Å². The molecule has 2 N–H and O–H groups in total. The van der Waals surface area contributed by atoms with E-state index in [4.69, 9.17) is 11.6 Å². The number of benzene rings is 2. The van der Waals surface area contributed by atoms with Gasteiger partial charge in [0.1, 0.15) is 0 Å². The van der Waals surface area contributed by atoms with E-state index >= 15 is 0 Å². The SMILES string of the molecule is CC(=O)c1cccc(NC(=O)CCNc2cccc(Cl)c2)c1. The Balaban J connectivity index is 1.83. The van der Waals surface area contributed by atoms with E-state index in [0.29, 0.717) is 29.2 Å². The van der Waals surface area contributed by atoms with Crippen molar-refractivity contribution < 1.29 is 9.59 Å². The molecule has 0 aliphatic rings. The maximum Gasteiger partial charge on any atom is 0.226 e. The van der Waals surface area contributed by atoms with Crippen molar-refractivity contribution in [2.45, 2.75) is 13.3 Å². The lowest BCUT2D eigenvalue weighted by Gasteiger charge is -2.08. The lowest BCUT2D eigenvalue weighted by molar-refractivity contribution is -0.115. The number of anilines is 2. The fraction of sp³-hybridized carbons (Fsp3) is 0.176. The first-order valence-electron chi connectivity index (χ1n) is 6.95. The Morgan fingerprint density at radius 1 is 1.05 bits per heavy atom. The highest BCUT2D eigenvalue weighted by Gasteiger charge is 2.05. The summed E-state index contributed by atoms with van der Waals surface area (Å²) in [5.41, 5.74) is 2.08. The van der Waals surface area contributed by atoms with Gasteiger partial charge in [0.25, 0.3) is 0 Å². The molecule has 0 saturated heterocycles. The minimum atomic E-state index is -0.116. The largest absolute Gasteiger partial charge is 0.384 e. The maximum absolute atomic E-state index is 11.9. The summed E-state index contributed by atoms with van der Waals surface area (Å²) < 4.78 is 0. The number of hydrogen-bond donors (Lipinski definition) is 2. The Morgan fingerprint density at radius 3 is 2.50 bits per heavy atom. The normalized spacial score (nSPS) is 10.1. The van der Waals surface area contributed by atoms with E-state index in [0.717, 1.165) is 5.69 Å². The lowest BCUT2D eigenvalue weighted by atomic mass is 10.1. The first kappa shape index (κ1) is 16.0. The van der Waals surface area contributed by atoms with Crippen LogP contribution in [0.15, 0.2) is 48.5 Å². The highest BCUT2D eigenvalue weighted by Crippen LogP contribution is 2.15. The van der Waals surface area contributed by atoms with Gasteiger partial charge in [-0.15, -0.1) is 0 Å². The molecular formula is C17H17ClN2O2. The molecule has 0 bridgehead atoms. The van der Waals surface area contributed by atoms with E-state index in [1.165, 1.54) is 6.92 Å². The quantitative estimate of drug-likeness (QED) is 0.792. The lowest BCUT2D eigenvalue weighted by Crippen LogP contribution is -2.16. The molecule has 2 rings (SSSR count). The Bertz CT molecular complexity index is 686. The number of ketones is 1. The molecule has 0 heterocycles. The molecule has 22 heavy (non-hydrogen) atoms. The predicted molar refractivity (Wildman–Crippen MR) is 89.6 cm³/mol. The van der Waals surface area contributed by atoms with Gasteiger partial charge in [0, 0.05) is 34.9 Å². The summed E-state index contributed by atoms with van der Waals surface area (Å²) in [7, 11) is 0. The van der Waals surface area contributed by atoms with Crippen molar-refractivity contribution in [3.05, 3.63) is 59.1 Å². The highest BCUT2D eigenvalue weighted by molar-refractivity contribution is 6.30. The van der Waals surface area contributed by atoms with Crippen LogP contribution in [0.4, 0.5) is 11.4 Å². The highest BCUT2D eigenvalue weighted by atomic mass is 35.5. The topological polar surface area (TPSA) is 58.2 Å². The van der Waals surface area contributed by atoms with Crippen LogP contribution < -0.4 is 10.6 Å². The monoisotopic (exact) mass is 316 g/mol. The number of Topliss-reactive ketones (excluding diaryl/α,β-unsaturated/α-hetero) is 1. The van der Waals surface area contributed by atoms with Crippen LogP contribution in [-0.4, -0.2) is 18.2 Å². The van der Waals surface area contributed by atoms with Crippen molar-refractivity contribution in [1.29, 1.82) is 0 Å². The van der Waals surface area contributed by atoms with Crippen LogP contribution in [0.1, 0.15) is 23.7 Å². The van der Waals surface area contributed by atoms with Crippen molar-refractivity contribution in [3.8, 4) is 0 Å². The fourth-order valence-corrected chi connectivity index (χ4v) is 2.15. The molecule has 0 atom stereocenters. The van der Waals surface area contributed by atoms with Crippen LogP contribution in [-0.2, 0) is 4.79 Å². The molecule has 0 aromatic heterocycles. The number of hydrogen-bond acceptors (Lipinski definition) is 3. The Kier molecular flexibility index (Phi) is 5.55. The predicted octanol–water partition coefficient (Wildman–Crippen LogP) is 3.98. The number of amides is 1. The Labute approximate surface area is 134 Å². The summed E-state index contributed by atoms with van der Waals surface area (Å²) in [5.74, 6) is -0.144. The summed E-state index contributed by atoms with van der Waals surface area (Å²) in [6, 6.07) is 14.2. The number of nitrogens with one attached hydrogen (secondary N) is 2. The second kappa shape index (κ2) is 7.61. The Morgan fingerprint density at radius 2 is 1.77 bits per heavy atom. The molecule has 0 spiro atoms. The molecule has 0 saturated carbocycles. The Hall–Kier alpha value is -2.33. The molecule has 1 amide bonds. The van der Waals surface area contributed by atoms with Gasteiger partial charge in [0.15, 0.2) is 5.78 Å². The van der Waals surface area contributed by atoms with Crippen LogP contribution in [0.25, 0.3) is 0 Å². The second-order valence-electron chi connectivity index (χ2n) is 4.87. The van der Waals surface area contributed by atoms with Gasteiger partial charge in [-0.05, 0) is 37.3 Å². The third-order valence-electron chi connectivity index (χ3n) is 3.06. The minimum Gasteiger partial charge on any atom is -0.384 e. The van der Waals surface area contributed by atoms with Crippen LogP contribution >= 0.6 is 11.6 Å². The van der Waals surface area contributed by atoms with Crippen LogP contribution in [0, 0.1) is 0 Å². The molecule has 0 unspecified atom stereocenters. The van der Waals surface area contributed by atoms with Gasteiger partial charge in [-0.25, -0.2) is 0 Å². The third kappa shape index (κ3) is 4.90. The fourth-order valence-electron chi connectivity index (χ4n) is 1.96. The van der Waals surface area contributed by atoms with E-state index in [1.54, 1.807) is 36.4 Å². The molecule has 0 radical (unpaired) electrons. The molecule has 2 aromatic carbocycles. The first-order chi connectivity index (χ1) is 10.5. The molecule has 114 valence electrons. The summed E-state index contributed by atoms with van der Waals surface area (Å²) in [5, 5.41) is 6.56. The molecule has 4 nitrogen and oxygen atoms in total. The average Bonchev–Trinajstić information content (AvgIpc) is 2.47. The van der Waals surface area contributed by atoms with Crippen molar-refractivity contribution in [2.75, 3.05) is 17.2 Å². The number of rotatable bonds is 6. The van der Waals surface area contributed by atoms with Gasteiger partial charge >= 0.3 is 0 Å². The summed E-state index contributed by atoms with van der Waals surface area (Å²) in [6.45, 7) is 1.99. The summed E-state index contributed by atoms with van der Waals surface area (Å²) >= 11 is 5.89. The number of carbonyl (C=O) groups excluding carboxylic acids is 2. The van der Waals surface area contributed by atoms with Crippen LogP contribution in [0.2, 0.25) is 5.02 Å². The van der Waals surface area contributed by atoms with Crippen molar-refractivity contribution in [2.24, 2.45) is 0 Å². The van der Waals surface area contributed by atoms with Gasteiger partial charge in [-0.3, -0.25) is 9.59 Å². The van der Waals surface area contributed by atoms with Gasteiger partial charge < -0.3 is 10.6 Å². The molecule has 5 heteroatoms. The van der Waals surface area contributed by atoms with E-state index in [2.05, 4.69) is 10.6 Å². The molecular weight excluding hydrogens is 300 g/mol. The second-order valence-corrected chi connectivity index (χ2v) is 5.31. The van der Waals surface area contributed by atoms with Crippen molar-refractivity contribution >= 4 is 34.7 Å². The van der Waals surface area contributed by atoms with E-state index in [-0.39, 0.29) is 11.7 Å². The molecule has 2 aromatic rings. The summed E-state index contributed by atoms with van der Waals surface area (Å²) in [6.07, 6.45) is 0.316.